The van der Waals surface area contributed by atoms with Gasteiger partial charge in [-0.05, 0) is 37.5 Å². The van der Waals surface area contributed by atoms with Crippen molar-refractivity contribution in [1.82, 2.24) is 4.90 Å². The number of hydrogen-bond acceptors (Lipinski definition) is 3. The quantitative estimate of drug-likeness (QED) is 0.912. The number of rotatable bonds is 2. The fourth-order valence-electron chi connectivity index (χ4n) is 2.97. The van der Waals surface area contributed by atoms with Crippen molar-refractivity contribution in [2.24, 2.45) is 0 Å². The molecular weight excluding hydrogens is 296 g/mol. The van der Waals surface area contributed by atoms with Gasteiger partial charge in [-0.2, -0.15) is 0 Å². The van der Waals surface area contributed by atoms with Crippen LogP contribution in [0.1, 0.15) is 38.2 Å². The molecule has 118 valence electrons. The zero-order chi connectivity index (χ0) is 15.5. The average Bonchev–Trinajstić information content (AvgIpc) is 2.78. The standard InChI is InChI=1S/C17H22N2O2S/c1-12-17(21)18-14-10-13(6-7-15(14)22-12)11-16(20)19-8-4-2-3-5-9-19/h6-7,10,12H,2-5,8-9,11H2,1H3,(H,18,21). The van der Waals surface area contributed by atoms with E-state index in [0.29, 0.717) is 6.42 Å². The molecule has 0 saturated carbocycles. The molecule has 5 heteroatoms. The van der Waals surface area contributed by atoms with Gasteiger partial charge in [0.25, 0.3) is 0 Å². The summed E-state index contributed by atoms with van der Waals surface area (Å²) in [5.41, 5.74) is 1.82. The lowest BCUT2D eigenvalue weighted by Gasteiger charge is -2.23. The highest BCUT2D eigenvalue weighted by molar-refractivity contribution is 8.00. The van der Waals surface area contributed by atoms with Gasteiger partial charge in [-0.3, -0.25) is 9.59 Å². The molecule has 0 spiro atoms. The molecule has 1 unspecified atom stereocenters. The van der Waals surface area contributed by atoms with Crippen LogP contribution in [0, 0.1) is 0 Å². The molecule has 1 aromatic rings. The number of anilines is 1. The summed E-state index contributed by atoms with van der Waals surface area (Å²) < 4.78 is 0. The number of nitrogens with one attached hydrogen (secondary N) is 1. The van der Waals surface area contributed by atoms with Gasteiger partial charge in [0.2, 0.25) is 11.8 Å². The van der Waals surface area contributed by atoms with Crippen LogP contribution in [0.3, 0.4) is 0 Å². The van der Waals surface area contributed by atoms with Gasteiger partial charge < -0.3 is 10.2 Å². The molecule has 4 nitrogen and oxygen atoms in total. The molecule has 1 saturated heterocycles. The molecule has 3 rings (SSSR count). The van der Waals surface area contributed by atoms with Crippen molar-refractivity contribution in [1.29, 1.82) is 0 Å². The summed E-state index contributed by atoms with van der Waals surface area (Å²) in [7, 11) is 0. The Morgan fingerprint density at radius 1 is 1.27 bits per heavy atom. The van der Waals surface area contributed by atoms with E-state index in [1.165, 1.54) is 12.8 Å². The molecule has 2 heterocycles. The first kappa shape index (κ1) is 15.4. The molecular formula is C17H22N2O2S. The van der Waals surface area contributed by atoms with E-state index in [1.54, 1.807) is 11.8 Å². The molecule has 1 aromatic carbocycles. The Kier molecular flexibility index (Phi) is 4.71. The lowest BCUT2D eigenvalue weighted by atomic mass is 10.1. The summed E-state index contributed by atoms with van der Waals surface area (Å²) in [5, 5.41) is 2.87. The Hall–Kier alpha value is -1.49. The molecule has 0 bridgehead atoms. The molecule has 2 amide bonds. The van der Waals surface area contributed by atoms with E-state index in [2.05, 4.69) is 5.32 Å². The third-order valence-electron chi connectivity index (χ3n) is 4.29. The summed E-state index contributed by atoms with van der Waals surface area (Å²) in [5.74, 6) is 0.235. The third-order valence-corrected chi connectivity index (χ3v) is 5.47. The van der Waals surface area contributed by atoms with Crippen molar-refractivity contribution >= 4 is 29.3 Å². The number of nitrogens with zero attached hydrogens (tertiary/aromatic N) is 1. The van der Waals surface area contributed by atoms with Crippen molar-refractivity contribution in [3.05, 3.63) is 23.8 Å². The summed E-state index contributed by atoms with van der Waals surface area (Å²) in [6.45, 7) is 3.67. The van der Waals surface area contributed by atoms with E-state index < -0.39 is 0 Å². The fourth-order valence-corrected chi connectivity index (χ4v) is 3.90. The van der Waals surface area contributed by atoms with Crippen molar-refractivity contribution in [3.8, 4) is 0 Å². The molecule has 0 aliphatic carbocycles. The number of likely N-dealkylation sites (tertiary alicyclic amines) is 1. The third kappa shape index (κ3) is 3.46. The van der Waals surface area contributed by atoms with Crippen LogP contribution in [0.5, 0.6) is 0 Å². The van der Waals surface area contributed by atoms with E-state index >= 15 is 0 Å². The van der Waals surface area contributed by atoms with Crippen LogP contribution in [-0.2, 0) is 16.0 Å². The summed E-state index contributed by atoms with van der Waals surface area (Å²) >= 11 is 1.57. The lowest BCUT2D eigenvalue weighted by molar-refractivity contribution is -0.130. The smallest absolute Gasteiger partial charge is 0.237 e. The second-order valence-corrected chi connectivity index (χ2v) is 7.43. The van der Waals surface area contributed by atoms with E-state index in [9.17, 15) is 9.59 Å². The van der Waals surface area contributed by atoms with Crippen LogP contribution in [0.25, 0.3) is 0 Å². The van der Waals surface area contributed by atoms with E-state index in [0.717, 1.165) is 42.1 Å². The van der Waals surface area contributed by atoms with Crippen LogP contribution in [0.2, 0.25) is 0 Å². The minimum Gasteiger partial charge on any atom is -0.342 e. The van der Waals surface area contributed by atoms with Gasteiger partial charge in [0, 0.05) is 18.0 Å². The highest BCUT2D eigenvalue weighted by Gasteiger charge is 2.23. The van der Waals surface area contributed by atoms with Crippen molar-refractivity contribution < 1.29 is 9.59 Å². The fraction of sp³-hybridized carbons (Fsp3) is 0.529. The Morgan fingerprint density at radius 2 is 2.00 bits per heavy atom. The first-order valence-corrected chi connectivity index (χ1v) is 8.89. The second kappa shape index (κ2) is 6.73. The normalized spacial score (nSPS) is 21.8. The maximum Gasteiger partial charge on any atom is 0.237 e. The highest BCUT2D eigenvalue weighted by atomic mass is 32.2. The predicted molar refractivity (Wildman–Crippen MR) is 89.1 cm³/mol. The summed E-state index contributed by atoms with van der Waals surface area (Å²) in [6.07, 6.45) is 5.10. The van der Waals surface area contributed by atoms with Crippen molar-refractivity contribution in [2.75, 3.05) is 18.4 Å². The van der Waals surface area contributed by atoms with E-state index in [4.69, 9.17) is 0 Å². The molecule has 2 aliphatic rings. The minimum absolute atomic E-state index is 0.0356. The number of carbonyl (C=O) groups is 2. The van der Waals surface area contributed by atoms with Gasteiger partial charge in [-0.1, -0.05) is 18.9 Å². The molecule has 2 aliphatic heterocycles. The zero-order valence-electron chi connectivity index (χ0n) is 12.9. The van der Waals surface area contributed by atoms with E-state index in [1.807, 2.05) is 30.0 Å². The largest absolute Gasteiger partial charge is 0.342 e. The Morgan fingerprint density at radius 3 is 2.73 bits per heavy atom. The first-order chi connectivity index (χ1) is 10.6. The maximum absolute atomic E-state index is 12.4. The average molecular weight is 318 g/mol. The Balaban J connectivity index is 1.69. The number of fused-ring (bicyclic) bond motifs is 1. The van der Waals surface area contributed by atoms with Crippen LogP contribution in [-0.4, -0.2) is 35.1 Å². The molecule has 0 aromatic heterocycles. The van der Waals surface area contributed by atoms with Gasteiger partial charge in [-0.25, -0.2) is 0 Å². The number of hydrogen-bond donors (Lipinski definition) is 1. The SMILES string of the molecule is CC1Sc2ccc(CC(=O)N3CCCCCC3)cc2NC1=O. The van der Waals surface area contributed by atoms with Gasteiger partial charge in [-0.15, -0.1) is 11.8 Å². The highest BCUT2D eigenvalue weighted by Crippen LogP contribution is 2.36. The van der Waals surface area contributed by atoms with Crippen LogP contribution < -0.4 is 5.32 Å². The Bertz CT molecular complexity index is 580. The number of amides is 2. The van der Waals surface area contributed by atoms with Gasteiger partial charge in [0.05, 0.1) is 17.4 Å². The first-order valence-electron chi connectivity index (χ1n) is 8.02. The topological polar surface area (TPSA) is 49.4 Å². The number of benzene rings is 1. The van der Waals surface area contributed by atoms with Crippen LogP contribution in [0.4, 0.5) is 5.69 Å². The molecule has 1 atom stereocenters. The van der Waals surface area contributed by atoms with Crippen LogP contribution in [0.15, 0.2) is 23.1 Å². The summed E-state index contributed by atoms with van der Waals surface area (Å²) in [6, 6.07) is 5.97. The van der Waals surface area contributed by atoms with Gasteiger partial charge in [0.1, 0.15) is 0 Å². The lowest BCUT2D eigenvalue weighted by Crippen LogP contribution is -2.33. The molecule has 1 fully saturated rings. The summed E-state index contributed by atoms with van der Waals surface area (Å²) in [4.78, 5) is 27.3. The molecule has 0 radical (unpaired) electrons. The Labute approximate surface area is 135 Å². The van der Waals surface area contributed by atoms with Gasteiger partial charge >= 0.3 is 0 Å². The number of thioether (sulfide) groups is 1. The predicted octanol–water partition coefficient (Wildman–Crippen LogP) is 3.06. The molecule has 1 N–H and O–H groups in total. The van der Waals surface area contributed by atoms with Crippen molar-refractivity contribution in [3.63, 3.8) is 0 Å². The second-order valence-electron chi connectivity index (χ2n) is 6.05. The van der Waals surface area contributed by atoms with Crippen LogP contribution >= 0.6 is 11.8 Å². The van der Waals surface area contributed by atoms with E-state index in [-0.39, 0.29) is 17.1 Å². The maximum atomic E-state index is 12.4. The van der Waals surface area contributed by atoms with Gasteiger partial charge in [0.15, 0.2) is 0 Å². The van der Waals surface area contributed by atoms with Crippen molar-refractivity contribution in [2.45, 2.75) is 49.2 Å². The number of carbonyl (C=O) groups excluding carboxylic acids is 2. The minimum atomic E-state index is -0.0583. The zero-order valence-corrected chi connectivity index (χ0v) is 13.7. The monoisotopic (exact) mass is 318 g/mol. The molecule has 22 heavy (non-hydrogen) atoms.